The number of benzene rings is 1. The van der Waals surface area contributed by atoms with Crippen molar-refractivity contribution in [1.29, 1.82) is 0 Å². The van der Waals surface area contributed by atoms with Gasteiger partial charge < -0.3 is 4.90 Å². The van der Waals surface area contributed by atoms with Crippen molar-refractivity contribution in [3.63, 3.8) is 0 Å². The van der Waals surface area contributed by atoms with Crippen molar-refractivity contribution in [2.45, 2.75) is 18.0 Å². The lowest BCUT2D eigenvalue weighted by Gasteiger charge is -2.41. The van der Waals surface area contributed by atoms with Crippen LogP contribution in [-0.4, -0.2) is 59.2 Å². The van der Waals surface area contributed by atoms with Crippen LogP contribution in [0.3, 0.4) is 0 Å². The van der Waals surface area contributed by atoms with Crippen molar-refractivity contribution in [1.82, 2.24) is 20.7 Å². The number of carbonyl (C=O) groups excluding carboxylic acids is 2. The van der Waals surface area contributed by atoms with E-state index in [1.54, 1.807) is 0 Å². The Labute approximate surface area is 142 Å². The van der Waals surface area contributed by atoms with Crippen LogP contribution < -0.4 is 10.9 Å². The van der Waals surface area contributed by atoms with Gasteiger partial charge in [0, 0.05) is 31.2 Å². The predicted molar refractivity (Wildman–Crippen MR) is 82.9 cm³/mol. The van der Waals surface area contributed by atoms with Gasteiger partial charge in [-0.05, 0) is 12.1 Å². The molecule has 0 radical (unpaired) electrons. The quantitative estimate of drug-likeness (QED) is 0.759. The van der Waals surface area contributed by atoms with Gasteiger partial charge in [-0.25, -0.2) is 14.2 Å². The van der Waals surface area contributed by atoms with Gasteiger partial charge in [0.2, 0.25) is 5.91 Å². The first-order valence-corrected chi connectivity index (χ1v) is 8.02. The van der Waals surface area contributed by atoms with Gasteiger partial charge in [0.1, 0.15) is 17.0 Å². The number of alkyl halides is 1. The summed E-state index contributed by atoms with van der Waals surface area (Å²) in [6, 6.07) is 3.32. The molecule has 9 heteroatoms. The number of carbonyl (C=O) groups is 2. The molecular formula is C15H17ClF2N4O2. The van der Waals surface area contributed by atoms with Crippen LogP contribution in [0.15, 0.2) is 18.2 Å². The Morgan fingerprint density at radius 2 is 1.92 bits per heavy atom. The average Bonchev–Trinajstić information content (AvgIpc) is 2.55. The van der Waals surface area contributed by atoms with E-state index in [4.69, 9.17) is 11.6 Å². The standard InChI is InChI=1S/C15H17ClF2N4O2/c16-14-12(6-19-20-15(14)24)21-4-5-22(13(23)8-21)7-9-10(17)2-1-3-11(9)18/h1-3,12,14,19H,4-8H2,(H,20,24). The topological polar surface area (TPSA) is 64.7 Å². The zero-order valence-electron chi connectivity index (χ0n) is 12.8. The highest BCUT2D eigenvalue weighted by Gasteiger charge is 2.38. The van der Waals surface area contributed by atoms with E-state index >= 15 is 0 Å². The Morgan fingerprint density at radius 3 is 2.58 bits per heavy atom. The van der Waals surface area contributed by atoms with Crippen LogP contribution in [0.4, 0.5) is 8.78 Å². The molecule has 2 saturated heterocycles. The summed E-state index contributed by atoms with van der Waals surface area (Å²) >= 11 is 6.10. The molecule has 2 N–H and O–H groups in total. The number of piperazine rings is 1. The molecular weight excluding hydrogens is 342 g/mol. The number of hydrogen-bond acceptors (Lipinski definition) is 4. The molecule has 2 heterocycles. The van der Waals surface area contributed by atoms with Crippen LogP contribution in [0.2, 0.25) is 0 Å². The lowest BCUT2D eigenvalue weighted by molar-refractivity contribution is -0.139. The zero-order chi connectivity index (χ0) is 17.3. The fourth-order valence-corrected chi connectivity index (χ4v) is 3.26. The van der Waals surface area contributed by atoms with Crippen LogP contribution in [-0.2, 0) is 16.1 Å². The molecule has 0 aliphatic carbocycles. The van der Waals surface area contributed by atoms with Crippen LogP contribution in [0.25, 0.3) is 0 Å². The Balaban J connectivity index is 1.65. The number of amides is 2. The first-order valence-electron chi connectivity index (χ1n) is 7.59. The van der Waals surface area contributed by atoms with Gasteiger partial charge in [0.15, 0.2) is 0 Å². The summed E-state index contributed by atoms with van der Waals surface area (Å²) in [5.74, 6) is -1.92. The van der Waals surface area contributed by atoms with Gasteiger partial charge in [-0.3, -0.25) is 19.9 Å². The molecule has 6 nitrogen and oxygen atoms in total. The molecule has 0 spiro atoms. The average molecular weight is 359 g/mol. The monoisotopic (exact) mass is 358 g/mol. The van der Waals surface area contributed by atoms with E-state index in [1.807, 2.05) is 4.90 Å². The van der Waals surface area contributed by atoms with E-state index in [0.29, 0.717) is 19.6 Å². The summed E-state index contributed by atoms with van der Waals surface area (Å²) in [7, 11) is 0. The second kappa shape index (κ2) is 7.00. The van der Waals surface area contributed by atoms with Crippen molar-refractivity contribution >= 4 is 23.4 Å². The highest BCUT2D eigenvalue weighted by Crippen LogP contribution is 2.19. The number of rotatable bonds is 3. The van der Waals surface area contributed by atoms with Crippen molar-refractivity contribution in [3.05, 3.63) is 35.4 Å². The number of halogens is 3. The van der Waals surface area contributed by atoms with E-state index in [9.17, 15) is 18.4 Å². The highest BCUT2D eigenvalue weighted by atomic mass is 35.5. The van der Waals surface area contributed by atoms with Crippen molar-refractivity contribution < 1.29 is 18.4 Å². The predicted octanol–water partition coefficient (Wildman–Crippen LogP) is 0.219. The summed E-state index contributed by atoms with van der Waals surface area (Å²) in [5, 5.41) is -0.755. The normalized spacial score (nSPS) is 25.7. The molecule has 1 aromatic rings. The molecule has 2 atom stereocenters. The highest BCUT2D eigenvalue weighted by molar-refractivity contribution is 6.31. The molecule has 2 fully saturated rings. The van der Waals surface area contributed by atoms with Crippen molar-refractivity contribution in [3.8, 4) is 0 Å². The van der Waals surface area contributed by atoms with Gasteiger partial charge in [-0.1, -0.05) is 6.07 Å². The van der Waals surface area contributed by atoms with Gasteiger partial charge in [0.25, 0.3) is 5.91 Å². The maximum absolute atomic E-state index is 13.7. The molecule has 24 heavy (non-hydrogen) atoms. The molecule has 1 aromatic carbocycles. The van der Waals surface area contributed by atoms with Crippen molar-refractivity contribution in [2.24, 2.45) is 0 Å². The molecule has 2 aliphatic rings. The largest absolute Gasteiger partial charge is 0.336 e. The minimum Gasteiger partial charge on any atom is -0.336 e. The van der Waals surface area contributed by atoms with Gasteiger partial charge in [0.05, 0.1) is 13.1 Å². The Hall–Kier alpha value is -1.77. The lowest BCUT2D eigenvalue weighted by Crippen LogP contribution is -2.65. The van der Waals surface area contributed by atoms with E-state index in [1.165, 1.54) is 23.1 Å². The molecule has 0 saturated carbocycles. The van der Waals surface area contributed by atoms with E-state index in [0.717, 1.165) is 0 Å². The molecule has 0 aromatic heterocycles. The molecule has 2 amide bonds. The maximum atomic E-state index is 13.7. The molecule has 130 valence electrons. The summed E-state index contributed by atoms with van der Waals surface area (Å²) in [6.45, 7) is 1.16. The minimum atomic E-state index is -0.755. The van der Waals surface area contributed by atoms with Crippen LogP contribution in [0, 0.1) is 11.6 Å². The second-order valence-electron chi connectivity index (χ2n) is 5.83. The van der Waals surface area contributed by atoms with Gasteiger partial charge in [-0.15, -0.1) is 11.6 Å². The first kappa shape index (κ1) is 17.1. The third kappa shape index (κ3) is 3.35. The third-order valence-electron chi connectivity index (χ3n) is 4.34. The molecule has 2 aliphatic heterocycles. The molecule has 0 bridgehead atoms. The minimum absolute atomic E-state index is 0.0545. The fourth-order valence-electron chi connectivity index (χ4n) is 2.96. The summed E-state index contributed by atoms with van der Waals surface area (Å²) in [5.41, 5.74) is 5.07. The number of hydrazine groups is 1. The van der Waals surface area contributed by atoms with Crippen LogP contribution in [0.5, 0.6) is 0 Å². The van der Waals surface area contributed by atoms with E-state index < -0.39 is 17.0 Å². The van der Waals surface area contributed by atoms with Crippen molar-refractivity contribution in [2.75, 3.05) is 26.2 Å². The Kier molecular flexibility index (Phi) is 4.98. The van der Waals surface area contributed by atoms with Crippen LogP contribution in [0.1, 0.15) is 5.56 Å². The first-order chi connectivity index (χ1) is 11.5. The number of hydrogen-bond donors (Lipinski definition) is 2. The molecule has 3 rings (SSSR count). The summed E-state index contributed by atoms with van der Waals surface area (Å²) < 4.78 is 27.5. The Morgan fingerprint density at radius 1 is 1.21 bits per heavy atom. The van der Waals surface area contributed by atoms with E-state index in [-0.39, 0.29) is 36.5 Å². The smallest absolute Gasteiger partial charge is 0.253 e. The fraction of sp³-hybridized carbons (Fsp3) is 0.467. The van der Waals surface area contributed by atoms with E-state index in [2.05, 4.69) is 10.9 Å². The summed E-state index contributed by atoms with van der Waals surface area (Å²) in [6.07, 6.45) is 0. The van der Waals surface area contributed by atoms with Gasteiger partial charge >= 0.3 is 0 Å². The maximum Gasteiger partial charge on any atom is 0.253 e. The number of nitrogens with zero attached hydrogens (tertiary/aromatic N) is 2. The zero-order valence-corrected chi connectivity index (χ0v) is 13.5. The number of nitrogens with one attached hydrogen (secondary N) is 2. The molecule has 2 unspecified atom stereocenters. The van der Waals surface area contributed by atoms with Crippen LogP contribution >= 0.6 is 11.6 Å². The third-order valence-corrected chi connectivity index (χ3v) is 4.83. The van der Waals surface area contributed by atoms with Gasteiger partial charge in [-0.2, -0.15) is 0 Å². The SMILES string of the molecule is O=C1NNCC(N2CCN(Cc3c(F)cccc3F)C(=O)C2)C1Cl. The summed E-state index contributed by atoms with van der Waals surface area (Å²) in [4.78, 5) is 27.2. The Bertz CT molecular complexity index is 640. The second-order valence-corrected chi connectivity index (χ2v) is 6.30. The lowest BCUT2D eigenvalue weighted by atomic mass is 10.1.